The van der Waals surface area contributed by atoms with E-state index >= 15 is 0 Å². The fraction of sp³-hybridized carbons (Fsp3) is 0.316. The number of carbonyl (C=O) groups excluding carboxylic acids is 1. The van der Waals surface area contributed by atoms with Gasteiger partial charge in [-0.1, -0.05) is 35.9 Å². The Hall–Kier alpha value is -1.74. The number of hydrogen-bond donors (Lipinski definition) is 1. The second kappa shape index (κ2) is 7.01. The number of thioether (sulfide) groups is 1. The first kappa shape index (κ1) is 16.6. The lowest BCUT2D eigenvalue weighted by atomic mass is 10.1. The van der Waals surface area contributed by atoms with Crippen LogP contribution in [0.5, 0.6) is 0 Å². The highest BCUT2D eigenvalue weighted by atomic mass is 32.2. The van der Waals surface area contributed by atoms with Gasteiger partial charge < -0.3 is 5.32 Å². The van der Waals surface area contributed by atoms with E-state index < -0.39 is 0 Å². The van der Waals surface area contributed by atoms with E-state index in [1.54, 1.807) is 11.8 Å². The third-order valence-electron chi connectivity index (χ3n) is 3.67. The molecule has 1 unspecified atom stereocenters. The monoisotopic (exact) mass is 313 g/mol. The summed E-state index contributed by atoms with van der Waals surface area (Å²) in [5.74, 6) is 0.0404. The van der Waals surface area contributed by atoms with Gasteiger partial charge in [0.05, 0.1) is 5.25 Å². The van der Waals surface area contributed by atoms with Crippen molar-refractivity contribution in [1.29, 1.82) is 0 Å². The molecule has 0 saturated heterocycles. The van der Waals surface area contributed by atoms with Gasteiger partial charge in [0.2, 0.25) is 5.91 Å². The van der Waals surface area contributed by atoms with Gasteiger partial charge in [0, 0.05) is 10.6 Å². The number of para-hydroxylation sites is 1. The number of hydrogen-bond acceptors (Lipinski definition) is 2. The second-order valence-electron chi connectivity index (χ2n) is 5.79. The standard InChI is InChI=1S/C19H23NOS/c1-12-10-14(3)18(15(4)11-12)22-16(5)19(21)20-17-9-7-6-8-13(17)2/h6-11,16H,1-5H3,(H,20,21). The lowest BCUT2D eigenvalue weighted by Gasteiger charge is -2.16. The molecule has 3 heteroatoms. The number of nitrogens with one attached hydrogen (secondary N) is 1. The van der Waals surface area contributed by atoms with E-state index in [1.165, 1.54) is 21.6 Å². The highest BCUT2D eigenvalue weighted by Crippen LogP contribution is 2.31. The summed E-state index contributed by atoms with van der Waals surface area (Å²) < 4.78 is 0. The Kier molecular flexibility index (Phi) is 5.30. The molecule has 0 saturated carbocycles. The fourth-order valence-corrected chi connectivity index (χ4v) is 3.54. The van der Waals surface area contributed by atoms with Gasteiger partial charge >= 0.3 is 0 Å². The van der Waals surface area contributed by atoms with Crippen molar-refractivity contribution < 1.29 is 4.79 Å². The molecule has 0 fully saturated rings. The van der Waals surface area contributed by atoms with Crippen molar-refractivity contribution in [2.45, 2.75) is 44.8 Å². The van der Waals surface area contributed by atoms with E-state index in [-0.39, 0.29) is 11.2 Å². The highest BCUT2D eigenvalue weighted by molar-refractivity contribution is 8.00. The van der Waals surface area contributed by atoms with Crippen LogP contribution < -0.4 is 5.32 Å². The van der Waals surface area contributed by atoms with Gasteiger partial charge in [-0.15, -0.1) is 11.8 Å². The molecule has 1 amide bonds. The van der Waals surface area contributed by atoms with Crippen LogP contribution in [0.25, 0.3) is 0 Å². The predicted octanol–water partition coefficient (Wildman–Crippen LogP) is 5.04. The lowest BCUT2D eigenvalue weighted by molar-refractivity contribution is -0.115. The molecule has 2 rings (SSSR count). The van der Waals surface area contributed by atoms with Crippen LogP contribution in [0.2, 0.25) is 0 Å². The molecule has 0 aromatic heterocycles. The number of anilines is 1. The summed E-state index contributed by atoms with van der Waals surface area (Å²) in [5.41, 5.74) is 5.69. The maximum atomic E-state index is 12.4. The van der Waals surface area contributed by atoms with E-state index in [9.17, 15) is 4.79 Å². The topological polar surface area (TPSA) is 29.1 Å². The quantitative estimate of drug-likeness (QED) is 0.801. The minimum atomic E-state index is -0.139. The molecule has 0 aliphatic rings. The zero-order valence-electron chi connectivity index (χ0n) is 13.9. The van der Waals surface area contributed by atoms with Gasteiger partial charge in [-0.2, -0.15) is 0 Å². The van der Waals surface area contributed by atoms with Gasteiger partial charge in [0.15, 0.2) is 0 Å². The van der Waals surface area contributed by atoms with Gasteiger partial charge in [-0.25, -0.2) is 0 Å². The average molecular weight is 313 g/mol. The zero-order chi connectivity index (χ0) is 16.3. The van der Waals surface area contributed by atoms with Crippen LogP contribution in [0.1, 0.15) is 29.2 Å². The first-order chi connectivity index (χ1) is 10.4. The fourth-order valence-electron chi connectivity index (χ4n) is 2.53. The van der Waals surface area contributed by atoms with Gasteiger partial charge in [0.1, 0.15) is 0 Å². The van der Waals surface area contributed by atoms with Crippen molar-refractivity contribution in [3.63, 3.8) is 0 Å². The molecule has 0 aliphatic carbocycles. The smallest absolute Gasteiger partial charge is 0.237 e. The summed E-state index contributed by atoms with van der Waals surface area (Å²) >= 11 is 1.63. The normalized spacial score (nSPS) is 12.0. The minimum Gasteiger partial charge on any atom is -0.325 e. The van der Waals surface area contributed by atoms with E-state index in [4.69, 9.17) is 0 Å². The largest absolute Gasteiger partial charge is 0.325 e. The summed E-state index contributed by atoms with van der Waals surface area (Å²) in [5, 5.41) is 2.88. The van der Waals surface area contributed by atoms with Gasteiger partial charge in [0.25, 0.3) is 0 Å². The maximum absolute atomic E-state index is 12.4. The zero-order valence-corrected chi connectivity index (χ0v) is 14.7. The molecule has 2 aromatic carbocycles. The Morgan fingerprint density at radius 1 is 1.00 bits per heavy atom. The number of rotatable bonds is 4. The van der Waals surface area contributed by atoms with Crippen molar-refractivity contribution in [2.24, 2.45) is 0 Å². The Morgan fingerprint density at radius 3 is 2.18 bits per heavy atom. The Morgan fingerprint density at radius 2 is 1.59 bits per heavy atom. The molecular formula is C19H23NOS. The summed E-state index contributed by atoms with van der Waals surface area (Å²) in [6, 6.07) is 12.2. The number of benzene rings is 2. The molecule has 0 radical (unpaired) electrons. The number of amides is 1. The van der Waals surface area contributed by atoms with Crippen LogP contribution in [0.4, 0.5) is 5.69 Å². The summed E-state index contributed by atoms with van der Waals surface area (Å²) in [6.07, 6.45) is 0. The second-order valence-corrected chi connectivity index (χ2v) is 7.14. The Labute approximate surface area is 137 Å². The molecular weight excluding hydrogens is 290 g/mol. The van der Waals surface area contributed by atoms with E-state index in [1.807, 2.05) is 38.1 Å². The minimum absolute atomic E-state index is 0.0404. The van der Waals surface area contributed by atoms with Gasteiger partial charge in [-0.3, -0.25) is 4.79 Å². The van der Waals surface area contributed by atoms with Crippen molar-refractivity contribution in [3.05, 3.63) is 58.7 Å². The third-order valence-corrected chi connectivity index (χ3v) is 5.12. The van der Waals surface area contributed by atoms with Crippen LogP contribution in [0, 0.1) is 27.7 Å². The van der Waals surface area contributed by atoms with Crippen LogP contribution in [0.15, 0.2) is 41.3 Å². The summed E-state index contributed by atoms with van der Waals surface area (Å²) in [4.78, 5) is 13.6. The molecule has 0 heterocycles. The molecule has 1 atom stereocenters. The molecule has 1 N–H and O–H groups in total. The van der Waals surface area contributed by atoms with Crippen LogP contribution in [0.3, 0.4) is 0 Å². The molecule has 0 aliphatic heterocycles. The van der Waals surface area contributed by atoms with Crippen molar-refractivity contribution in [1.82, 2.24) is 0 Å². The molecule has 0 spiro atoms. The number of aryl methyl sites for hydroxylation is 4. The third kappa shape index (κ3) is 3.92. The SMILES string of the molecule is Cc1cc(C)c(SC(C)C(=O)Nc2ccccc2C)c(C)c1. The van der Waals surface area contributed by atoms with Crippen molar-refractivity contribution in [2.75, 3.05) is 5.32 Å². The average Bonchev–Trinajstić information content (AvgIpc) is 2.45. The van der Waals surface area contributed by atoms with Crippen molar-refractivity contribution in [3.8, 4) is 0 Å². The molecule has 0 bridgehead atoms. The molecule has 22 heavy (non-hydrogen) atoms. The van der Waals surface area contributed by atoms with E-state index in [0.29, 0.717) is 0 Å². The van der Waals surface area contributed by atoms with Crippen LogP contribution >= 0.6 is 11.8 Å². The summed E-state index contributed by atoms with van der Waals surface area (Å²) in [7, 11) is 0. The molecule has 2 aromatic rings. The molecule has 2 nitrogen and oxygen atoms in total. The lowest BCUT2D eigenvalue weighted by Crippen LogP contribution is -2.23. The van der Waals surface area contributed by atoms with E-state index in [0.717, 1.165) is 11.3 Å². The Balaban J connectivity index is 2.11. The first-order valence-electron chi connectivity index (χ1n) is 7.49. The maximum Gasteiger partial charge on any atom is 0.237 e. The van der Waals surface area contributed by atoms with Gasteiger partial charge in [-0.05, 0) is 57.4 Å². The van der Waals surface area contributed by atoms with Crippen LogP contribution in [-0.2, 0) is 4.79 Å². The van der Waals surface area contributed by atoms with E-state index in [2.05, 4.69) is 38.2 Å². The highest BCUT2D eigenvalue weighted by Gasteiger charge is 2.17. The van der Waals surface area contributed by atoms with Crippen LogP contribution in [-0.4, -0.2) is 11.2 Å². The molecule has 116 valence electrons. The van der Waals surface area contributed by atoms with Crippen molar-refractivity contribution >= 4 is 23.4 Å². The Bertz CT molecular complexity index is 671. The number of carbonyl (C=O) groups is 1. The first-order valence-corrected chi connectivity index (χ1v) is 8.37. The predicted molar refractivity (Wildman–Crippen MR) is 95.8 cm³/mol. The summed E-state index contributed by atoms with van der Waals surface area (Å²) in [6.45, 7) is 10.3.